The SMILES string of the molecule is CC[C@H](C)[C@@H]([C@@H](CC(=O)N1CCC[C@H]1[C@H](OC)[C@@H](C)C(=O)N[C@@H](Cc1ccccc1)C(=O)I)OC)N(C)C(=O)[C@@H](NC(=O)[C@H](C(C)C)N(C)C(C)=O)C(C)C. The highest BCUT2D eigenvalue weighted by atomic mass is 127. The van der Waals surface area contributed by atoms with E-state index in [-0.39, 0.29) is 57.6 Å². The fraction of sp³-hybridized carbons (Fsp3) is 0.707. The van der Waals surface area contributed by atoms with Gasteiger partial charge in [-0.25, -0.2) is 0 Å². The van der Waals surface area contributed by atoms with E-state index in [0.29, 0.717) is 25.8 Å². The van der Waals surface area contributed by atoms with E-state index in [1.165, 1.54) is 26.0 Å². The quantitative estimate of drug-likeness (QED) is 0.137. The number of benzene rings is 1. The molecule has 13 nitrogen and oxygen atoms in total. The van der Waals surface area contributed by atoms with Crippen molar-refractivity contribution in [1.82, 2.24) is 25.3 Å². The Hall–Kier alpha value is -3.11. The Morgan fingerprint density at radius 3 is 2.00 bits per heavy atom. The molecule has 0 saturated carbocycles. The second-order valence-corrected chi connectivity index (χ2v) is 16.8. The number of nitrogens with one attached hydrogen (secondary N) is 2. The van der Waals surface area contributed by atoms with Gasteiger partial charge in [-0.1, -0.05) is 85.2 Å². The van der Waals surface area contributed by atoms with Crippen molar-refractivity contribution < 1.29 is 38.2 Å². The molecule has 9 atom stereocenters. The van der Waals surface area contributed by atoms with Gasteiger partial charge >= 0.3 is 0 Å². The summed E-state index contributed by atoms with van der Waals surface area (Å²) in [6.07, 6.45) is 1.10. The van der Waals surface area contributed by atoms with E-state index < -0.39 is 48.2 Å². The number of hydrogen-bond acceptors (Lipinski definition) is 8. The first kappa shape index (κ1) is 48.0. The Kier molecular flexibility index (Phi) is 19.7. The van der Waals surface area contributed by atoms with Gasteiger partial charge in [0.1, 0.15) is 18.1 Å². The highest BCUT2D eigenvalue weighted by Crippen LogP contribution is 2.30. The molecular weight excluding hydrogens is 817 g/mol. The van der Waals surface area contributed by atoms with Crippen LogP contribution in [0.3, 0.4) is 0 Å². The lowest BCUT2D eigenvalue weighted by molar-refractivity contribution is -0.148. The number of carbonyl (C=O) groups excluding carboxylic acids is 6. The van der Waals surface area contributed by atoms with Crippen LogP contribution in [-0.2, 0) is 44.7 Å². The van der Waals surface area contributed by atoms with Crippen molar-refractivity contribution in [3.63, 3.8) is 0 Å². The van der Waals surface area contributed by atoms with Crippen LogP contribution in [0.4, 0.5) is 0 Å². The zero-order valence-corrected chi connectivity index (χ0v) is 37.1. The Bertz CT molecular complexity index is 1440. The van der Waals surface area contributed by atoms with E-state index in [2.05, 4.69) is 10.6 Å². The molecule has 2 rings (SSSR count). The Labute approximate surface area is 342 Å². The maximum absolute atomic E-state index is 14.3. The molecule has 0 unspecified atom stereocenters. The van der Waals surface area contributed by atoms with Crippen LogP contribution in [0.5, 0.6) is 0 Å². The van der Waals surface area contributed by atoms with E-state index >= 15 is 0 Å². The van der Waals surface area contributed by atoms with Crippen LogP contribution >= 0.6 is 22.6 Å². The Balaban J connectivity index is 2.29. The van der Waals surface area contributed by atoms with Gasteiger partial charge in [-0.3, -0.25) is 28.8 Å². The standard InChI is InChI=1S/C41H66IN5O8/c1-13-26(6)36(46(10)41(53)34(24(2)3)44-40(52)35(25(4)5)45(9)28(8)48)32(54-11)23-33(49)47-21-17-20-31(47)37(55-12)27(7)39(51)43-30(38(42)50)22-29-18-15-14-16-19-29/h14-16,18-19,24-27,30-32,34-37H,13,17,20-23H2,1-12H3,(H,43,51)(H,44,52)/t26-,27+,30-,31-,32+,34-,35-,36-,37+/m0/s1. The van der Waals surface area contributed by atoms with Crippen molar-refractivity contribution in [2.24, 2.45) is 23.7 Å². The number of hydrogen-bond donors (Lipinski definition) is 2. The number of halogens is 1. The van der Waals surface area contributed by atoms with Crippen LogP contribution in [0.2, 0.25) is 0 Å². The molecule has 14 heteroatoms. The molecule has 0 spiro atoms. The number of ether oxygens (including phenoxy) is 2. The average molecular weight is 884 g/mol. The number of likely N-dealkylation sites (N-methyl/N-ethyl adjacent to an activating group) is 2. The van der Waals surface area contributed by atoms with Gasteiger partial charge in [0.2, 0.25) is 33.3 Å². The molecule has 0 aliphatic carbocycles. The van der Waals surface area contributed by atoms with E-state index in [1.54, 1.807) is 53.4 Å². The van der Waals surface area contributed by atoms with Gasteiger partial charge < -0.3 is 34.8 Å². The number of carbonyl (C=O) groups is 6. The molecule has 5 amide bonds. The molecule has 0 aromatic heterocycles. The van der Waals surface area contributed by atoms with Gasteiger partial charge in [0, 0.05) is 70.8 Å². The molecule has 0 radical (unpaired) electrons. The molecule has 55 heavy (non-hydrogen) atoms. The highest BCUT2D eigenvalue weighted by molar-refractivity contribution is 14.1. The number of rotatable bonds is 21. The molecule has 0 bridgehead atoms. The third kappa shape index (κ3) is 13.0. The van der Waals surface area contributed by atoms with Crippen molar-refractivity contribution in [2.45, 2.75) is 130 Å². The van der Waals surface area contributed by atoms with Gasteiger partial charge in [-0.2, -0.15) is 0 Å². The average Bonchev–Trinajstić information content (AvgIpc) is 3.62. The smallest absolute Gasteiger partial charge is 0.245 e. The lowest BCUT2D eigenvalue weighted by atomic mass is 9.89. The fourth-order valence-corrected chi connectivity index (χ4v) is 8.12. The third-order valence-corrected chi connectivity index (χ3v) is 11.9. The largest absolute Gasteiger partial charge is 0.379 e. The molecule has 1 aromatic rings. The fourth-order valence-electron chi connectivity index (χ4n) is 7.74. The van der Waals surface area contributed by atoms with E-state index in [0.717, 1.165) is 12.0 Å². The molecule has 1 aliphatic rings. The van der Waals surface area contributed by atoms with Crippen molar-refractivity contribution in [1.29, 1.82) is 0 Å². The molecular formula is C41H66IN5O8. The summed E-state index contributed by atoms with van der Waals surface area (Å²) in [7, 11) is 6.33. The summed E-state index contributed by atoms with van der Waals surface area (Å²) in [6.45, 7) is 15.1. The normalized spacial score (nSPS) is 18.7. The molecule has 2 N–H and O–H groups in total. The topological polar surface area (TPSA) is 155 Å². The molecule has 1 heterocycles. The van der Waals surface area contributed by atoms with Crippen LogP contribution in [0.25, 0.3) is 0 Å². The summed E-state index contributed by atoms with van der Waals surface area (Å²) in [5.74, 6) is -2.68. The van der Waals surface area contributed by atoms with E-state index in [1.807, 2.05) is 71.9 Å². The Morgan fingerprint density at radius 1 is 0.891 bits per heavy atom. The third-order valence-electron chi connectivity index (χ3n) is 11.2. The van der Waals surface area contributed by atoms with Crippen LogP contribution in [0.15, 0.2) is 30.3 Å². The number of methoxy groups -OCH3 is 2. The lowest BCUT2D eigenvalue weighted by Crippen LogP contribution is -2.60. The minimum Gasteiger partial charge on any atom is -0.379 e. The second-order valence-electron chi connectivity index (χ2n) is 15.7. The van der Waals surface area contributed by atoms with Gasteiger partial charge in [0.25, 0.3) is 0 Å². The van der Waals surface area contributed by atoms with Crippen LogP contribution in [0, 0.1) is 23.7 Å². The number of likely N-dealkylation sites (tertiary alicyclic amines) is 1. The van der Waals surface area contributed by atoms with Crippen LogP contribution in [0.1, 0.15) is 86.6 Å². The van der Waals surface area contributed by atoms with Gasteiger partial charge in [0.05, 0.1) is 36.6 Å². The maximum atomic E-state index is 14.3. The zero-order chi connectivity index (χ0) is 41.7. The van der Waals surface area contributed by atoms with E-state index in [4.69, 9.17) is 9.47 Å². The number of nitrogens with zero attached hydrogens (tertiary/aromatic N) is 3. The summed E-state index contributed by atoms with van der Waals surface area (Å²) in [6, 6.07) is 6.25. The van der Waals surface area contributed by atoms with Gasteiger partial charge in [-0.05, 0) is 36.2 Å². The highest BCUT2D eigenvalue weighted by Gasteiger charge is 2.43. The van der Waals surface area contributed by atoms with Crippen LogP contribution < -0.4 is 10.6 Å². The first-order valence-electron chi connectivity index (χ1n) is 19.5. The first-order chi connectivity index (χ1) is 25.8. The summed E-state index contributed by atoms with van der Waals surface area (Å²) in [4.78, 5) is 85.1. The van der Waals surface area contributed by atoms with Crippen molar-refractivity contribution in [2.75, 3.05) is 34.9 Å². The monoisotopic (exact) mass is 883 g/mol. The zero-order valence-electron chi connectivity index (χ0n) is 35.0. The minimum absolute atomic E-state index is 0.0172. The van der Waals surface area contributed by atoms with Crippen LogP contribution in [-0.4, -0.2) is 125 Å². The second kappa shape index (κ2) is 22.6. The molecule has 1 saturated heterocycles. The summed E-state index contributed by atoms with van der Waals surface area (Å²) in [5, 5.41) is 5.85. The summed E-state index contributed by atoms with van der Waals surface area (Å²) >= 11 is 1.72. The number of amides is 5. The predicted molar refractivity (Wildman–Crippen MR) is 221 cm³/mol. The van der Waals surface area contributed by atoms with Crippen molar-refractivity contribution in [3.8, 4) is 0 Å². The lowest BCUT2D eigenvalue weighted by Gasteiger charge is -2.41. The predicted octanol–water partition coefficient (Wildman–Crippen LogP) is 4.24. The molecule has 310 valence electrons. The van der Waals surface area contributed by atoms with Gasteiger partial charge in [-0.15, -0.1) is 0 Å². The summed E-state index contributed by atoms with van der Waals surface area (Å²) in [5.41, 5.74) is 0.929. The van der Waals surface area contributed by atoms with Gasteiger partial charge in [0.15, 0.2) is 0 Å². The van der Waals surface area contributed by atoms with Crippen molar-refractivity contribution >= 4 is 55.9 Å². The Morgan fingerprint density at radius 2 is 1.51 bits per heavy atom. The maximum Gasteiger partial charge on any atom is 0.245 e. The van der Waals surface area contributed by atoms with Crippen molar-refractivity contribution in [3.05, 3.63) is 35.9 Å². The minimum atomic E-state index is -0.883. The summed E-state index contributed by atoms with van der Waals surface area (Å²) < 4.78 is 11.7. The molecule has 1 aromatic carbocycles. The molecule has 1 fully saturated rings. The first-order valence-corrected chi connectivity index (χ1v) is 20.6. The van der Waals surface area contributed by atoms with E-state index in [9.17, 15) is 28.8 Å². The molecule has 1 aliphatic heterocycles.